The first kappa shape index (κ1) is 12.3. The number of hydrogen-bond donors (Lipinski definition) is 1. The molecule has 0 atom stereocenters. The van der Waals surface area contributed by atoms with Crippen molar-refractivity contribution in [3.05, 3.63) is 53.1 Å². The highest BCUT2D eigenvalue weighted by Gasteiger charge is 2.05. The first-order valence-electron chi connectivity index (χ1n) is 6.01. The third-order valence-corrected chi connectivity index (χ3v) is 3.16. The molecular weight excluding hydrogens is 218 g/mol. The summed E-state index contributed by atoms with van der Waals surface area (Å²) >= 11 is 0. The summed E-state index contributed by atoms with van der Waals surface area (Å²) in [6, 6.07) is 12.5. The van der Waals surface area contributed by atoms with Crippen LogP contribution in [0.2, 0.25) is 0 Å². The van der Waals surface area contributed by atoms with E-state index in [0.29, 0.717) is 6.42 Å². The third kappa shape index (κ3) is 2.38. The highest BCUT2D eigenvalue weighted by Crippen LogP contribution is 2.28. The first-order chi connectivity index (χ1) is 8.61. The molecule has 0 fully saturated rings. The maximum Gasteiger partial charge on any atom is 0.0396 e. The second-order valence-corrected chi connectivity index (χ2v) is 4.61. The fourth-order valence-corrected chi connectivity index (χ4v) is 2.08. The van der Waals surface area contributed by atoms with Crippen LogP contribution in [0.15, 0.2) is 36.4 Å². The molecule has 0 aliphatic heterocycles. The summed E-state index contributed by atoms with van der Waals surface area (Å²) in [5, 5.41) is 0. The molecular formula is C17H17N. The molecule has 0 unspecified atom stereocenters. The summed E-state index contributed by atoms with van der Waals surface area (Å²) in [7, 11) is 0. The van der Waals surface area contributed by atoms with Crippen molar-refractivity contribution >= 4 is 5.69 Å². The quantitative estimate of drug-likeness (QED) is 0.623. The Hall–Kier alpha value is -2.20. The van der Waals surface area contributed by atoms with E-state index in [9.17, 15) is 0 Å². The standard InChI is InChI=1S/C17H17N/c1-4-5-14-11-15(8-7-13(14)3)16-9-6-12(2)10-17(16)18/h1,6-11H,5,18H2,2-3H3. The van der Waals surface area contributed by atoms with E-state index in [1.165, 1.54) is 16.7 Å². The van der Waals surface area contributed by atoms with E-state index in [4.69, 9.17) is 12.2 Å². The Balaban J connectivity index is 2.51. The van der Waals surface area contributed by atoms with E-state index in [1.54, 1.807) is 0 Å². The molecule has 0 spiro atoms. The predicted octanol–water partition coefficient (Wildman–Crippen LogP) is 3.73. The van der Waals surface area contributed by atoms with E-state index >= 15 is 0 Å². The van der Waals surface area contributed by atoms with Crippen LogP contribution < -0.4 is 5.73 Å². The fourth-order valence-electron chi connectivity index (χ4n) is 2.08. The highest BCUT2D eigenvalue weighted by atomic mass is 14.6. The van der Waals surface area contributed by atoms with Crippen molar-refractivity contribution in [2.24, 2.45) is 0 Å². The summed E-state index contributed by atoms with van der Waals surface area (Å²) < 4.78 is 0. The number of hydrogen-bond acceptors (Lipinski definition) is 1. The normalized spacial score (nSPS) is 10.1. The van der Waals surface area contributed by atoms with Gasteiger partial charge >= 0.3 is 0 Å². The van der Waals surface area contributed by atoms with Crippen molar-refractivity contribution in [1.82, 2.24) is 0 Å². The zero-order chi connectivity index (χ0) is 13.1. The molecule has 0 aliphatic carbocycles. The largest absolute Gasteiger partial charge is 0.398 e. The van der Waals surface area contributed by atoms with Gasteiger partial charge in [-0.05, 0) is 48.2 Å². The number of benzene rings is 2. The van der Waals surface area contributed by atoms with Crippen LogP contribution in [0.25, 0.3) is 11.1 Å². The number of anilines is 1. The van der Waals surface area contributed by atoms with E-state index in [2.05, 4.69) is 43.2 Å². The van der Waals surface area contributed by atoms with Gasteiger partial charge in [0.25, 0.3) is 0 Å². The average molecular weight is 235 g/mol. The summed E-state index contributed by atoms with van der Waals surface area (Å²) in [5.41, 5.74) is 12.7. The molecule has 2 aromatic carbocycles. The van der Waals surface area contributed by atoms with Crippen LogP contribution >= 0.6 is 0 Å². The number of aryl methyl sites for hydroxylation is 2. The minimum absolute atomic E-state index is 0.658. The van der Waals surface area contributed by atoms with Crippen molar-refractivity contribution in [1.29, 1.82) is 0 Å². The third-order valence-electron chi connectivity index (χ3n) is 3.16. The monoisotopic (exact) mass is 235 g/mol. The molecule has 0 saturated carbocycles. The Labute approximate surface area is 109 Å². The second-order valence-electron chi connectivity index (χ2n) is 4.61. The van der Waals surface area contributed by atoms with Gasteiger partial charge in [-0.15, -0.1) is 12.3 Å². The molecule has 2 rings (SSSR count). The lowest BCUT2D eigenvalue weighted by atomic mass is 9.96. The van der Waals surface area contributed by atoms with E-state index in [-0.39, 0.29) is 0 Å². The van der Waals surface area contributed by atoms with Crippen LogP contribution in [0.3, 0.4) is 0 Å². The number of terminal acetylenes is 1. The average Bonchev–Trinajstić information content (AvgIpc) is 2.33. The summed E-state index contributed by atoms with van der Waals surface area (Å²) in [6.45, 7) is 4.12. The van der Waals surface area contributed by atoms with Gasteiger partial charge < -0.3 is 5.73 Å². The minimum atomic E-state index is 0.658. The number of rotatable bonds is 2. The van der Waals surface area contributed by atoms with E-state index in [0.717, 1.165) is 16.8 Å². The van der Waals surface area contributed by atoms with Crippen molar-refractivity contribution in [3.63, 3.8) is 0 Å². The Morgan fingerprint density at radius 2 is 1.89 bits per heavy atom. The smallest absolute Gasteiger partial charge is 0.0396 e. The molecule has 0 saturated heterocycles. The van der Waals surface area contributed by atoms with Gasteiger partial charge in [0, 0.05) is 17.7 Å². The van der Waals surface area contributed by atoms with Gasteiger partial charge in [-0.1, -0.05) is 24.3 Å². The molecule has 0 bridgehead atoms. The van der Waals surface area contributed by atoms with E-state index < -0.39 is 0 Å². The molecule has 1 heteroatoms. The van der Waals surface area contributed by atoms with Crippen LogP contribution in [-0.4, -0.2) is 0 Å². The van der Waals surface area contributed by atoms with Crippen molar-refractivity contribution in [2.75, 3.05) is 5.73 Å². The second kappa shape index (κ2) is 4.98. The lowest BCUT2D eigenvalue weighted by Gasteiger charge is -2.10. The topological polar surface area (TPSA) is 26.0 Å². The molecule has 0 radical (unpaired) electrons. The van der Waals surface area contributed by atoms with Gasteiger partial charge in [0.2, 0.25) is 0 Å². The minimum Gasteiger partial charge on any atom is -0.398 e. The zero-order valence-electron chi connectivity index (χ0n) is 10.8. The number of nitrogens with two attached hydrogens (primary N) is 1. The van der Waals surface area contributed by atoms with Crippen molar-refractivity contribution < 1.29 is 0 Å². The Morgan fingerprint density at radius 1 is 1.11 bits per heavy atom. The maximum absolute atomic E-state index is 6.08. The van der Waals surface area contributed by atoms with Crippen LogP contribution in [0.4, 0.5) is 5.69 Å². The van der Waals surface area contributed by atoms with Crippen molar-refractivity contribution in [2.45, 2.75) is 20.3 Å². The summed E-state index contributed by atoms with van der Waals surface area (Å²) in [5.74, 6) is 2.70. The molecule has 0 aromatic heterocycles. The van der Waals surface area contributed by atoms with Crippen LogP contribution in [0.1, 0.15) is 16.7 Å². The van der Waals surface area contributed by atoms with Gasteiger partial charge in [-0.3, -0.25) is 0 Å². The lowest BCUT2D eigenvalue weighted by Crippen LogP contribution is -1.93. The predicted molar refractivity (Wildman–Crippen MR) is 78.3 cm³/mol. The molecule has 0 amide bonds. The Kier molecular flexibility index (Phi) is 3.39. The van der Waals surface area contributed by atoms with Gasteiger partial charge in [-0.2, -0.15) is 0 Å². The van der Waals surface area contributed by atoms with Gasteiger partial charge in [-0.25, -0.2) is 0 Å². The van der Waals surface area contributed by atoms with Gasteiger partial charge in [0.1, 0.15) is 0 Å². The molecule has 2 aromatic rings. The molecule has 0 aliphatic rings. The highest BCUT2D eigenvalue weighted by molar-refractivity contribution is 5.77. The van der Waals surface area contributed by atoms with E-state index in [1.807, 2.05) is 13.0 Å². The lowest BCUT2D eigenvalue weighted by molar-refractivity contribution is 1.25. The molecule has 18 heavy (non-hydrogen) atoms. The molecule has 2 N–H and O–H groups in total. The molecule has 90 valence electrons. The van der Waals surface area contributed by atoms with Crippen LogP contribution in [-0.2, 0) is 6.42 Å². The molecule has 0 heterocycles. The Bertz CT molecular complexity index is 618. The summed E-state index contributed by atoms with van der Waals surface area (Å²) in [6.07, 6.45) is 6.05. The van der Waals surface area contributed by atoms with Crippen molar-refractivity contribution in [3.8, 4) is 23.5 Å². The van der Waals surface area contributed by atoms with Gasteiger partial charge in [0.15, 0.2) is 0 Å². The maximum atomic E-state index is 6.08. The van der Waals surface area contributed by atoms with Crippen LogP contribution in [0, 0.1) is 26.2 Å². The number of nitrogen functional groups attached to an aromatic ring is 1. The van der Waals surface area contributed by atoms with Gasteiger partial charge in [0.05, 0.1) is 0 Å². The summed E-state index contributed by atoms with van der Waals surface area (Å²) in [4.78, 5) is 0. The zero-order valence-corrected chi connectivity index (χ0v) is 10.8. The Morgan fingerprint density at radius 3 is 2.56 bits per heavy atom. The fraction of sp³-hybridized carbons (Fsp3) is 0.176. The SMILES string of the molecule is C#CCc1cc(-c2ccc(C)cc2N)ccc1C. The van der Waals surface area contributed by atoms with Crippen LogP contribution in [0.5, 0.6) is 0 Å². The molecule has 1 nitrogen and oxygen atoms in total. The first-order valence-corrected chi connectivity index (χ1v) is 6.01.